The first-order valence-corrected chi connectivity index (χ1v) is 5.78. The fourth-order valence-electron chi connectivity index (χ4n) is 1.71. The van der Waals surface area contributed by atoms with Gasteiger partial charge in [0, 0.05) is 29.8 Å². The first-order chi connectivity index (χ1) is 9.45. The van der Waals surface area contributed by atoms with Crippen molar-refractivity contribution in [3.05, 3.63) is 47.5 Å². The van der Waals surface area contributed by atoms with Crippen LogP contribution in [0.1, 0.15) is 15.9 Å². The number of carbonyl (C=O) groups is 1. The molecule has 0 saturated heterocycles. The van der Waals surface area contributed by atoms with Gasteiger partial charge in [-0.15, -0.1) is 0 Å². The maximum absolute atomic E-state index is 11.8. The number of aromatic hydroxyl groups is 4. The van der Waals surface area contributed by atoms with Crippen LogP contribution < -0.4 is 5.32 Å². The lowest BCUT2D eigenvalue weighted by atomic mass is 10.1. The van der Waals surface area contributed by atoms with Crippen molar-refractivity contribution in [3.63, 3.8) is 0 Å². The van der Waals surface area contributed by atoms with Crippen molar-refractivity contribution in [2.45, 2.75) is 6.54 Å². The van der Waals surface area contributed by atoms with E-state index >= 15 is 0 Å². The van der Waals surface area contributed by atoms with Crippen molar-refractivity contribution < 1.29 is 25.2 Å². The van der Waals surface area contributed by atoms with Gasteiger partial charge in [-0.25, -0.2) is 0 Å². The topological polar surface area (TPSA) is 110 Å². The van der Waals surface area contributed by atoms with E-state index in [2.05, 4.69) is 5.32 Å². The number of phenols is 4. The summed E-state index contributed by atoms with van der Waals surface area (Å²) in [7, 11) is 0. The third kappa shape index (κ3) is 3.11. The zero-order chi connectivity index (χ0) is 14.7. The van der Waals surface area contributed by atoms with E-state index in [0.717, 1.165) is 6.07 Å². The quantitative estimate of drug-likeness (QED) is 0.582. The van der Waals surface area contributed by atoms with Crippen LogP contribution in [0.15, 0.2) is 36.4 Å². The fourth-order valence-corrected chi connectivity index (χ4v) is 1.71. The fraction of sp³-hybridized carbons (Fsp3) is 0.0714. The number of carbonyl (C=O) groups excluding carboxylic acids is 1. The largest absolute Gasteiger partial charge is 0.508 e. The minimum Gasteiger partial charge on any atom is -0.508 e. The summed E-state index contributed by atoms with van der Waals surface area (Å²) in [6, 6.07) is 7.58. The molecule has 0 unspecified atom stereocenters. The van der Waals surface area contributed by atoms with Crippen LogP contribution in [0, 0.1) is 0 Å². The van der Waals surface area contributed by atoms with Gasteiger partial charge in [-0.2, -0.15) is 0 Å². The van der Waals surface area contributed by atoms with E-state index in [9.17, 15) is 20.1 Å². The lowest BCUT2D eigenvalue weighted by Crippen LogP contribution is -2.22. The Kier molecular flexibility index (Phi) is 3.65. The van der Waals surface area contributed by atoms with Crippen LogP contribution in [0.4, 0.5) is 0 Å². The van der Waals surface area contributed by atoms with Crippen LogP contribution in [0.3, 0.4) is 0 Å². The minimum atomic E-state index is -0.510. The summed E-state index contributed by atoms with van der Waals surface area (Å²) in [4.78, 5) is 11.8. The van der Waals surface area contributed by atoms with Crippen molar-refractivity contribution >= 4 is 5.91 Å². The summed E-state index contributed by atoms with van der Waals surface area (Å²) in [5, 5.41) is 39.8. The zero-order valence-corrected chi connectivity index (χ0v) is 10.4. The molecule has 6 nitrogen and oxygen atoms in total. The van der Waals surface area contributed by atoms with Gasteiger partial charge in [0.25, 0.3) is 5.91 Å². The summed E-state index contributed by atoms with van der Waals surface area (Å²) >= 11 is 0. The van der Waals surface area contributed by atoms with E-state index in [1.165, 1.54) is 30.3 Å². The summed E-state index contributed by atoms with van der Waals surface area (Å²) < 4.78 is 0. The van der Waals surface area contributed by atoms with Crippen molar-refractivity contribution in [2.24, 2.45) is 0 Å². The third-order valence-electron chi connectivity index (χ3n) is 2.67. The zero-order valence-electron chi connectivity index (χ0n) is 10.4. The molecule has 0 spiro atoms. The van der Waals surface area contributed by atoms with Crippen molar-refractivity contribution in [3.8, 4) is 23.0 Å². The standard InChI is InChI=1S/C14H13NO5/c16-10-2-1-8(13(19)6-10)7-15-14(20)9-3-11(17)5-12(18)4-9/h1-6,16-19H,7H2,(H,15,20). The molecule has 104 valence electrons. The second-order valence-corrected chi connectivity index (χ2v) is 4.23. The Bertz CT molecular complexity index is 634. The molecule has 2 aromatic rings. The van der Waals surface area contributed by atoms with Gasteiger partial charge in [0.05, 0.1) is 0 Å². The monoisotopic (exact) mass is 275 g/mol. The first-order valence-electron chi connectivity index (χ1n) is 5.78. The van der Waals surface area contributed by atoms with Gasteiger partial charge in [-0.05, 0) is 24.3 Å². The number of hydrogen-bond donors (Lipinski definition) is 5. The van der Waals surface area contributed by atoms with Crippen LogP contribution in [0.25, 0.3) is 0 Å². The second-order valence-electron chi connectivity index (χ2n) is 4.23. The Morgan fingerprint density at radius 3 is 2.15 bits per heavy atom. The number of phenolic OH excluding ortho intramolecular Hbond substituents is 4. The molecule has 0 saturated carbocycles. The smallest absolute Gasteiger partial charge is 0.251 e. The van der Waals surface area contributed by atoms with Gasteiger partial charge in [-0.3, -0.25) is 4.79 Å². The highest BCUT2D eigenvalue weighted by Gasteiger charge is 2.09. The molecule has 6 heteroatoms. The van der Waals surface area contributed by atoms with E-state index in [-0.39, 0.29) is 35.1 Å². The summed E-state index contributed by atoms with van der Waals surface area (Å²) in [5.74, 6) is -1.16. The average Bonchev–Trinajstić information content (AvgIpc) is 2.36. The molecule has 0 radical (unpaired) electrons. The molecule has 5 N–H and O–H groups in total. The Hall–Kier alpha value is -2.89. The molecule has 0 aliphatic carbocycles. The van der Waals surface area contributed by atoms with Crippen LogP contribution in [-0.4, -0.2) is 26.3 Å². The van der Waals surface area contributed by atoms with E-state index < -0.39 is 5.91 Å². The molecule has 0 bridgehead atoms. The van der Waals surface area contributed by atoms with E-state index in [0.29, 0.717) is 5.56 Å². The first kappa shape index (κ1) is 13.5. The maximum atomic E-state index is 11.8. The van der Waals surface area contributed by atoms with Gasteiger partial charge in [0.1, 0.15) is 23.0 Å². The van der Waals surface area contributed by atoms with Crippen LogP contribution >= 0.6 is 0 Å². The van der Waals surface area contributed by atoms with Gasteiger partial charge in [-0.1, -0.05) is 0 Å². The summed E-state index contributed by atoms with van der Waals surface area (Å²) in [5.41, 5.74) is 0.529. The molecule has 0 aromatic heterocycles. The molecule has 0 fully saturated rings. The third-order valence-corrected chi connectivity index (χ3v) is 2.67. The molecular formula is C14H13NO5. The predicted octanol–water partition coefficient (Wildman–Crippen LogP) is 1.44. The number of nitrogens with one attached hydrogen (secondary N) is 1. The normalized spacial score (nSPS) is 10.2. The highest BCUT2D eigenvalue weighted by atomic mass is 16.3. The second kappa shape index (κ2) is 5.40. The van der Waals surface area contributed by atoms with Gasteiger partial charge < -0.3 is 25.7 Å². The predicted molar refractivity (Wildman–Crippen MR) is 70.7 cm³/mol. The molecule has 2 aromatic carbocycles. The van der Waals surface area contributed by atoms with E-state index in [1.54, 1.807) is 0 Å². The number of amides is 1. The Labute approximate surface area is 114 Å². The molecular weight excluding hydrogens is 262 g/mol. The Morgan fingerprint density at radius 2 is 1.55 bits per heavy atom. The lowest BCUT2D eigenvalue weighted by molar-refractivity contribution is 0.0950. The number of hydrogen-bond acceptors (Lipinski definition) is 5. The average molecular weight is 275 g/mol. The van der Waals surface area contributed by atoms with Gasteiger partial charge in [0.15, 0.2) is 0 Å². The molecule has 1 amide bonds. The highest BCUT2D eigenvalue weighted by molar-refractivity contribution is 5.95. The van der Waals surface area contributed by atoms with Crippen molar-refractivity contribution in [1.29, 1.82) is 0 Å². The molecule has 0 aliphatic rings. The SMILES string of the molecule is O=C(NCc1ccc(O)cc1O)c1cc(O)cc(O)c1. The van der Waals surface area contributed by atoms with Gasteiger partial charge in [0.2, 0.25) is 0 Å². The van der Waals surface area contributed by atoms with Crippen molar-refractivity contribution in [2.75, 3.05) is 0 Å². The Balaban J connectivity index is 2.08. The Morgan fingerprint density at radius 1 is 0.900 bits per heavy atom. The molecule has 20 heavy (non-hydrogen) atoms. The number of rotatable bonds is 3. The molecule has 0 aliphatic heterocycles. The van der Waals surface area contributed by atoms with Crippen LogP contribution in [0.5, 0.6) is 23.0 Å². The highest BCUT2D eigenvalue weighted by Crippen LogP contribution is 2.23. The molecule has 0 heterocycles. The molecule has 0 atom stereocenters. The summed E-state index contributed by atoms with van der Waals surface area (Å²) in [6.07, 6.45) is 0. The van der Waals surface area contributed by atoms with Crippen LogP contribution in [-0.2, 0) is 6.54 Å². The van der Waals surface area contributed by atoms with E-state index in [4.69, 9.17) is 5.11 Å². The summed E-state index contributed by atoms with van der Waals surface area (Å²) in [6.45, 7) is 0.0430. The van der Waals surface area contributed by atoms with E-state index in [1.807, 2.05) is 0 Å². The van der Waals surface area contributed by atoms with Crippen molar-refractivity contribution in [1.82, 2.24) is 5.32 Å². The molecule has 2 rings (SSSR count). The number of benzene rings is 2. The maximum Gasteiger partial charge on any atom is 0.251 e. The van der Waals surface area contributed by atoms with Gasteiger partial charge >= 0.3 is 0 Å². The minimum absolute atomic E-state index is 0.0430. The lowest BCUT2D eigenvalue weighted by Gasteiger charge is -2.08. The van der Waals surface area contributed by atoms with Crippen LogP contribution in [0.2, 0.25) is 0 Å².